The minimum atomic E-state index is -4.98. The van der Waals surface area contributed by atoms with E-state index >= 15 is 0 Å². The van der Waals surface area contributed by atoms with Gasteiger partial charge >= 0.3 is 334 Å². The molecule has 0 N–H and O–H groups in total. The Morgan fingerprint density at radius 3 is 1.17 bits per heavy atom. The van der Waals surface area contributed by atoms with Crippen LogP contribution in [0.1, 0.15) is 57.2 Å². The first-order valence-corrected chi connectivity index (χ1v) is 35.9. The van der Waals surface area contributed by atoms with Gasteiger partial charge in [-0.2, -0.15) is 0 Å². The van der Waals surface area contributed by atoms with Gasteiger partial charge < -0.3 is 0 Å². The molecule has 0 heterocycles. The van der Waals surface area contributed by atoms with Crippen LogP contribution in [0.5, 0.6) is 0 Å². The first-order chi connectivity index (χ1) is 26.0. The van der Waals surface area contributed by atoms with E-state index in [2.05, 4.69) is 199 Å². The van der Waals surface area contributed by atoms with E-state index in [4.69, 9.17) is 17.0 Å². The van der Waals surface area contributed by atoms with Gasteiger partial charge in [0.15, 0.2) is 0 Å². The predicted octanol–water partition coefficient (Wildman–Crippen LogP) is 15.2. The van der Waals surface area contributed by atoms with E-state index < -0.39 is 21.5 Å². The number of halogens is 2. The van der Waals surface area contributed by atoms with E-state index in [0.717, 1.165) is 0 Å². The average Bonchev–Trinajstić information content (AvgIpc) is 3.81. The van der Waals surface area contributed by atoms with Gasteiger partial charge in [0.25, 0.3) is 0 Å². The van der Waals surface area contributed by atoms with Gasteiger partial charge in [0, 0.05) is 0 Å². The van der Waals surface area contributed by atoms with Crippen molar-refractivity contribution in [2.45, 2.75) is 48.0 Å². The van der Waals surface area contributed by atoms with Gasteiger partial charge in [-0.3, -0.25) is 0 Å². The van der Waals surface area contributed by atoms with Crippen molar-refractivity contribution in [1.82, 2.24) is 0 Å². The van der Waals surface area contributed by atoms with E-state index in [9.17, 15) is 0 Å². The molecule has 4 heteroatoms. The average molecular weight is 840 g/mol. The molecule has 0 nitrogen and oxygen atoms in total. The van der Waals surface area contributed by atoms with Crippen molar-refractivity contribution in [3.8, 4) is 44.5 Å². The molecule has 0 saturated heterocycles. The van der Waals surface area contributed by atoms with Crippen LogP contribution in [-0.2, 0) is 15.6 Å². The second kappa shape index (κ2) is 14.5. The standard InChI is InChI=1S/2C24H21.C2H7Si.2ClH.Zr/c2*1-17(2)22-15-21-12-7-13-23(24(21)16-22)20-11-6-10-19(14-20)18-8-4-3-5-9-18;1-3-2;;;/h2*3-17H,1-2H3;3H,1-2H3;2*1H;/q;;;;;+2/p-2. The third kappa shape index (κ3) is 6.23. The van der Waals surface area contributed by atoms with Crippen molar-refractivity contribution in [3.63, 3.8) is 0 Å². The van der Waals surface area contributed by atoms with Crippen molar-refractivity contribution in [2.24, 2.45) is 11.8 Å². The Morgan fingerprint density at radius 2 is 0.796 bits per heavy atom. The Balaban J connectivity index is 1.30. The number of hydrogen-bond donors (Lipinski definition) is 0. The molecule has 0 amide bonds. The summed E-state index contributed by atoms with van der Waals surface area (Å²) in [5.41, 5.74) is 18.0. The molecule has 6 aromatic carbocycles. The summed E-state index contributed by atoms with van der Waals surface area (Å²) < 4.78 is 0.0775. The minimum absolute atomic E-state index is 0.0388. The van der Waals surface area contributed by atoms with E-state index in [-0.39, 0.29) is 7.25 Å². The van der Waals surface area contributed by atoms with Crippen LogP contribution in [0, 0.1) is 11.8 Å². The fourth-order valence-electron chi connectivity index (χ4n) is 9.41. The molecule has 0 aromatic heterocycles. The molecule has 0 aliphatic heterocycles. The summed E-state index contributed by atoms with van der Waals surface area (Å²) in [5, 5.41) is 0. The fraction of sp³-hybridized carbons (Fsp3) is 0.200. The first-order valence-electron chi connectivity index (χ1n) is 19.5. The van der Waals surface area contributed by atoms with Crippen LogP contribution in [0.15, 0.2) is 157 Å². The first kappa shape index (κ1) is 37.4. The molecular weight excluding hydrogens is 791 g/mol. The summed E-state index contributed by atoms with van der Waals surface area (Å²) in [7, 11) is 17.7. The normalized spacial score (nSPS) is 17.3. The van der Waals surface area contributed by atoms with Gasteiger partial charge in [0.2, 0.25) is 0 Å². The molecule has 6 aromatic rings. The molecule has 54 heavy (non-hydrogen) atoms. The second-order valence-corrected chi connectivity index (χ2v) is 58.9. The fourth-order valence-corrected chi connectivity index (χ4v) is 40.9. The maximum absolute atomic E-state index is 8.84. The third-order valence-corrected chi connectivity index (χ3v) is 64.0. The number of fused-ring (bicyclic) bond motifs is 2. The van der Waals surface area contributed by atoms with Crippen LogP contribution in [0.3, 0.4) is 0 Å². The maximum atomic E-state index is 8.84. The van der Waals surface area contributed by atoms with Crippen molar-refractivity contribution in [3.05, 3.63) is 179 Å². The number of hydrogen-bond acceptors (Lipinski definition) is 0. The zero-order valence-corrected chi connectivity index (χ0v) is 37.3. The van der Waals surface area contributed by atoms with Crippen LogP contribution in [0.25, 0.3) is 56.7 Å². The zero-order valence-electron chi connectivity index (χ0n) is 32.2. The molecule has 2 unspecified atom stereocenters. The molecule has 0 saturated carbocycles. The Kier molecular flexibility index (Phi) is 10.1. The number of rotatable bonds is 9. The Morgan fingerprint density at radius 1 is 0.444 bits per heavy atom. The van der Waals surface area contributed by atoms with Gasteiger partial charge in [0.1, 0.15) is 0 Å². The summed E-state index contributed by atoms with van der Waals surface area (Å²) in [6, 6.07) is 53.1. The Bertz CT molecular complexity index is 2260. The molecule has 8 rings (SSSR count). The summed E-state index contributed by atoms with van der Waals surface area (Å²) in [6.45, 7) is 14.3. The molecule has 0 spiro atoms. The zero-order chi connectivity index (χ0) is 37.8. The van der Waals surface area contributed by atoms with Crippen LogP contribution in [-0.4, -0.2) is 5.92 Å². The number of benzene rings is 6. The third-order valence-electron chi connectivity index (χ3n) is 12.3. The van der Waals surface area contributed by atoms with Crippen molar-refractivity contribution in [1.29, 1.82) is 0 Å². The molecule has 0 bridgehead atoms. The van der Waals surface area contributed by atoms with Gasteiger partial charge in [-0.05, 0) is 0 Å². The Labute approximate surface area is 331 Å². The monoisotopic (exact) mass is 837 g/mol. The van der Waals surface area contributed by atoms with Gasteiger partial charge in [0.05, 0.1) is 0 Å². The van der Waals surface area contributed by atoms with Crippen LogP contribution < -0.4 is 0 Å². The quantitative estimate of drug-likeness (QED) is 0.127. The molecule has 0 fully saturated rings. The Hall–Kier alpha value is -3.52. The van der Waals surface area contributed by atoms with E-state index in [1.807, 2.05) is 0 Å². The van der Waals surface area contributed by atoms with Gasteiger partial charge in [-0.25, -0.2) is 0 Å². The van der Waals surface area contributed by atoms with Crippen LogP contribution in [0.2, 0.25) is 13.1 Å². The molecule has 271 valence electrons. The van der Waals surface area contributed by atoms with Crippen molar-refractivity contribution >= 4 is 35.1 Å². The van der Waals surface area contributed by atoms with Crippen molar-refractivity contribution < 1.29 is 15.6 Å². The van der Waals surface area contributed by atoms with E-state index in [1.54, 1.807) is 0 Å². The topological polar surface area (TPSA) is 0 Å². The molecule has 2 atom stereocenters. The van der Waals surface area contributed by atoms with Crippen LogP contribution in [0.4, 0.5) is 0 Å². The van der Waals surface area contributed by atoms with E-state index in [0.29, 0.717) is 11.8 Å². The summed E-state index contributed by atoms with van der Waals surface area (Å²) in [5.74, 6) is -1.10. The van der Waals surface area contributed by atoms with Gasteiger partial charge in [-0.1, -0.05) is 0 Å². The van der Waals surface area contributed by atoms with Crippen LogP contribution >= 0.6 is 17.0 Å². The summed E-state index contributed by atoms with van der Waals surface area (Å²) in [6.07, 6.45) is 4.98. The van der Waals surface area contributed by atoms with Crippen molar-refractivity contribution in [2.75, 3.05) is 0 Å². The molecule has 2 aliphatic rings. The number of allylic oxidation sites excluding steroid dienone is 2. The van der Waals surface area contributed by atoms with Gasteiger partial charge in [-0.15, -0.1) is 0 Å². The molecule has 0 radical (unpaired) electrons. The summed E-state index contributed by atoms with van der Waals surface area (Å²) in [4.78, 5) is 0. The SMILES string of the molecule is CC(C)C1=Cc2c(-c3cccc(-c4ccccc4)c3)cccc2[CH]1[Zr]([Cl])([Cl])([CH]1C(C(C)C)=Cc2c(-c3cccc(-c4ccccc4)c3)cccc21)[SiH](C)C. The molecule has 2 aliphatic carbocycles. The molecular formula is C50H49Cl2SiZr. The predicted molar refractivity (Wildman–Crippen MR) is 236 cm³/mol. The summed E-state index contributed by atoms with van der Waals surface area (Å²) >= 11 is -4.98. The second-order valence-electron chi connectivity index (χ2n) is 16.4. The van der Waals surface area contributed by atoms with E-state index in [1.165, 1.54) is 77.9 Å².